The molecule has 1 amide bonds. The van der Waals surface area contributed by atoms with Gasteiger partial charge in [-0.05, 0) is 26.3 Å². The molecule has 0 unspecified atom stereocenters. The first-order chi connectivity index (χ1) is 9.98. The van der Waals surface area contributed by atoms with Crippen LogP contribution in [0, 0.1) is 3.82 Å². The quantitative estimate of drug-likeness (QED) is 0.527. The third-order valence-corrected chi connectivity index (χ3v) is 7.20. The van der Waals surface area contributed by atoms with Gasteiger partial charge in [-0.1, -0.05) is 58.0 Å². The van der Waals surface area contributed by atoms with Crippen molar-refractivity contribution in [2.45, 2.75) is 39.2 Å². The average Bonchev–Trinajstić information content (AvgIpc) is 2.82. The lowest BCUT2D eigenvalue weighted by molar-refractivity contribution is -0.119. The highest BCUT2D eigenvalue weighted by Crippen LogP contribution is 2.52. The fourth-order valence-electron chi connectivity index (χ4n) is 2.95. The van der Waals surface area contributed by atoms with E-state index in [1.807, 2.05) is 30.0 Å². The zero-order valence-corrected chi connectivity index (χ0v) is 14.8. The predicted octanol–water partition coefficient (Wildman–Crippen LogP) is 5.59. The van der Waals surface area contributed by atoms with Gasteiger partial charge < -0.3 is 4.90 Å². The van der Waals surface area contributed by atoms with Crippen LogP contribution in [-0.2, 0) is 10.3 Å². The Bertz CT molecular complexity index is 757. The summed E-state index contributed by atoms with van der Waals surface area (Å²) in [5, 5.41) is 0. The minimum Gasteiger partial charge on any atom is -0.301 e. The number of para-hydroxylation sites is 1. The molecule has 0 N–H and O–H groups in total. The topological polar surface area (TPSA) is 20.3 Å². The Morgan fingerprint density at radius 3 is 2.71 bits per heavy atom. The second kappa shape index (κ2) is 5.30. The summed E-state index contributed by atoms with van der Waals surface area (Å²) in [7, 11) is 3.34. The third-order valence-electron chi connectivity index (χ3n) is 3.87. The number of amides is 1. The molecule has 0 fully saturated rings. The van der Waals surface area contributed by atoms with Gasteiger partial charge in [-0.15, -0.1) is 0 Å². The van der Waals surface area contributed by atoms with E-state index >= 15 is 0 Å². The van der Waals surface area contributed by atoms with Gasteiger partial charge in [0.25, 0.3) is 0 Å². The summed E-state index contributed by atoms with van der Waals surface area (Å²) in [6, 6.07) is 8.11. The number of fused-ring (bicyclic) bond motifs is 3. The predicted molar refractivity (Wildman–Crippen MR) is 93.9 cm³/mol. The van der Waals surface area contributed by atoms with Crippen molar-refractivity contribution < 1.29 is 4.79 Å². The second-order valence-electron chi connectivity index (χ2n) is 5.71. The van der Waals surface area contributed by atoms with E-state index in [1.54, 1.807) is 20.7 Å². The molecule has 110 valence electrons. The van der Waals surface area contributed by atoms with Crippen LogP contribution in [0.15, 0.2) is 24.3 Å². The van der Waals surface area contributed by atoms with Gasteiger partial charge in [-0.25, -0.2) is 0 Å². The highest BCUT2D eigenvalue weighted by atomic mass is 32.9. The van der Waals surface area contributed by atoms with Crippen LogP contribution >= 0.6 is 32.9 Å². The molecule has 5 heteroatoms. The standard InChI is InChI=1S/C16H17NOS3/c1-4-7-12(18)17-11-9-6-5-8-10(11)13-14(16(17,2)3)20-21-15(13)19/h5-6,8-9H,4,7H2,1-3H3. The number of hydrogen-bond acceptors (Lipinski definition) is 4. The van der Waals surface area contributed by atoms with Crippen LogP contribution in [0.5, 0.6) is 0 Å². The minimum atomic E-state index is -0.339. The zero-order valence-electron chi connectivity index (χ0n) is 12.3. The number of nitrogens with zero attached hydrogens (tertiary/aromatic N) is 1. The molecule has 21 heavy (non-hydrogen) atoms. The van der Waals surface area contributed by atoms with Crippen LogP contribution in [-0.4, -0.2) is 5.91 Å². The number of rotatable bonds is 2. The highest BCUT2D eigenvalue weighted by molar-refractivity contribution is 7.80. The monoisotopic (exact) mass is 335 g/mol. The normalized spacial score (nSPS) is 15.5. The van der Waals surface area contributed by atoms with Gasteiger partial charge in [0, 0.05) is 17.5 Å². The minimum absolute atomic E-state index is 0.185. The fraction of sp³-hybridized carbons (Fsp3) is 0.375. The smallest absolute Gasteiger partial charge is 0.227 e. The summed E-state index contributed by atoms with van der Waals surface area (Å²) < 4.78 is 0.929. The highest BCUT2D eigenvalue weighted by Gasteiger charge is 2.42. The van der Waals surface area contributed by atoms with E-state index in [2.05, 4.69) is 19.9 Å². The maximum absolute atomic E-state index is 12.7. The average molecular weight is 336 g/mol. The lowest BCUT2D eigenvalue weighted by atomic mass is 9.87. The van der Waals surface area contributed by atoms with Crippen LogP contribution in [0.25, 0.3) is 11.1 Å². The lowest BCUT2D eigenvalue weighted by Crippen LogP contribution is -2.47. The molecule has 1 aliphatic rings. The molecule has 0 radical (unpaired) electrons. The molecule has 2 heterocycles. The first kappa shape index (κ1) is 14.9. The Balaban J connectivity index is 2.29. The zero-order chi connectivity index (χ0) is 15.2. The number of benzene rings is 1. The molecule has 3 rings (SSSR count). The summed E-state index contributed by atoms with van der Waals surface area (Å²) in [4.78, 5) is 15.9. The van der Waals surface area contributed by atoms with Gasteiger partial charge >= 0.3 is 0 Å². The van der Waals surface area contributed by atoms with Crippen LogP contribution in [0.2, 0.25) is 0 Å². The Kier molecular flexibility index (Phi) is 3.76. The molecule has 0 saturated carbocycles. The van der Waals surface area contributed by atoms with Gasteiger partial charge in [0.15, 0.2) is 0 Å². The van der Waals surface area contributed by atoms with E-state index in [9.17, 15) is 4.79 Å². The van der Waals surface area contributed by atoms with Gasteiger partial charge in [0.05, 0.1) is 16.1 Å². The van der Waals surface area contributed by atoms with E-state index in [0.29, 0.717) is 6.42 Å². The van der Waals surface area contributed by atoms with E-state index < -0.39 is 0 Å². The first-order valence-corrected chi connectivity index (χ1v) is 9.60. The molecule has 2 aromatic rings. The molecule has 0 spiro atoms. The summed E-state index contributed by atoms with van der Waals surface area (Å²) in [6.07, 6.45) is 1.43. The van der Waals surface area contributed by atoms with Gasteiger partial charge in [-0.2, -0.15) is 0 Å². The number of carbonyl (C=O) groups is 1. The van der Waals surface area contributed by atoms with E-state index in [-0.39, 0.29) is 11.4 Å². The molecule has 2 nitrogen and oxygen atoms in total. The molecule has 1 aromatic heterocycles. The van der Waals surface area contributed by atoms with E-state index in [1.165, 1.54) is 4.88 Å². The SMILES string of the molecule is CCCC(=O)N1c2ccccc2-c2c(ssc2=S)C1(C)C. The van der Waals surface area contributed by atoms with Crippen molar-refractivity contribution in [2.24, 2.45) is 0 Å². The fourth-order valence-corrected chi connectivity index (χ4v) is 6.23. The first-order valence-electron chi connectivity index (χ1n) is 7.04. The van der Waals surface area contributed by atoms with Gasteiger partial charge in [0.2, 0.25) is 5.91 Å². The van der Waals surface area contributed by atoms with Gasteiger partial charge in [-0.3, -0.25) is 4.79 Å². The van der Waals surface area contributed by atoms with Crippen molar-refractivity contribution in [3.8, 4) is 11.1 Å². The molecular weight excluding hydrogens is 318 g/mol. The third kappa shape index (κ3) is 2.18. The number of anilines is 1. The number of carbonyl (C=O) groups excluding carboxylic acids is 1. The molecule has 0 atom stereocenters. The Labute approximate surface area is 137 Å². The summed E-state index contributed by atoms with van der Waals surface area (Å²) in [6.45, 7) is 6.28. The maximum atomic E-state index is 12.7. The van der Waals surface area contributed by atoms with Crippen LogP contribution < -0.4 is 4.90 Å². The number of hydrogen-bond donors (Lipinski definition) is 0. The largest absolute Gasteiger partial charge is 0.301 e. The van der Waals surface area contributed by atoms with Crippen molar-refractivity contribution in [1.82, 2.24) is 0 Å². The Hall–Kier alpha value is -1.04. The summed E-state index contributed by atoms with van der Waals surface area (Å²) in [5.74, 6) is 0.185. The van der Waals surface area contributed by atoms with Crippen molar-refractivity contribution >= 4 is 44.5 Å². The molecular formula is C16H17NOS3. The maximum Gasteiger partial charge on any atom is 0.227 e. The van der Waals surface area contributed by atoms with E-state index in [0.717, 1.165) is 27.1 Å². The summed E-state index contributed by atoms with van der Waals surface area (Å²) >= 11 is 5.53. The lowest BCUT2D eigenvalue weighted by Gasteiger charge is -2.43. The molecule has 1 aliphatic heterocycles. The van der Waals surface area contributed by atoms with Crippen LogP contribution in [0.1, 0.15) is 38.5 Å². The van der Waals surface area contributed by atoms with Crippen LogP contribution in [0.3, 0.4) is 0 Å². The molecule has 0 saturated heterocycles. The second-order valence-corrected chi connectivity index (χ2v) is 8.53. The molecule has 0 bridgehead atoms. The van der Waals surface area contributed by atoms with Crippen LogP contribution in [0.4, 0.5) is 5.69 Å². The van der Waals surface area contributed by atoms with E-state index in [4.69, 9.17) is 12.2 Å². The van der Waals surface area contributed by atoms with Gasteiger partial charge in [0.1, 0.15) is 3.82 Å². The Morgan fingerprint density at radius 2 is 2.00 bits per heavy atom. The van der Waals surface area contributed by atoms with Crippen molar-refractivity contribution in [2.75, 3.05) is 4.90 Å². The Morgan fingerprint density at radius 1 is 1.29 bits per heavy atom. The van der Waals surface area contributed by atoms with Crippen molar-refractivity contribution in [3.63, 3.8) is 0 Å². The molecule has 1 aromatic carbocycles. The van der Waals surface area contributed by atoms with Crippen molar-refractivity contribution in [3.05, 3.63) is 33.0 Å². The van der Waals surface area contributed by atoms with Crippen molar-refractivity contribution in [1.29, 1.82) is 0 Å². The molecule has 0 aliphatic carbocycles. The summed E-state index contributed by atoms with van der Waals surface area (Å²) in [5.41, 5.74) is 2.90.